The van der Waals surface area contributed by atoms with Crippen molar-refractivity contribution in [2.75, 3.05) is 17.7 Å². The van der Waals surface area contributed by atoms with Gasteiger partial charge < -0.3 is 10.1 Å². The maximum absolute atomic E-state index is 12.5. The lowest BCUT2D eigenvalue weighted by Gasteiger charge is -2.13. The van der Waals surface area contributed by atoms with Gasteiger partial charge >= 0.3 is 5.97 Å². The van der Waals surface area contributed by atoms with E-state index in [9.17, 15) is 28.1 Å². The number of ether oxygens (including phenoxy) is 1. The number of amides is 1. The molecule has 30 heavy (non-hydrogen) atoms. The second-order valence-electron chi connectivity index (χ2n) is 6.13. The van der Waals surface area contributed by atoms with Crippen LogP contribution < -0.4 is 5.32 Å². The maximum atomic E-state index is 12.5. The van der Waals surface area contributed by atoms with Crippen LogP contribution in [0.2, 0.25) is 0 Å². The van der Waals surface area contributed by atoms with Crippen LogP contribution in [0.15, 0.2) is 42.3 Å². The molecule has 1 aromatic carbocycles. The molecule has 0 bridgehead atoms. The number of carbonyl (C=O) groups is 2. The van der Waals surface area contributed by atoms with Crippen molar-refractivity contribution in [2.45, 2.75) is 19.1 Å². The number of hydrogen-bond donors (Lipinski definition) is 1. The lowest BCUT2D eigenvalue weighted by atomic mass is 10.0. The first kappa shape index (κ1) is 23.2. The summed E-state index contributed by atoms with van der Waals surface area (Å²) >= 11 is 1.02. The molecule has 2 aromatic rings. The van der Waals surface area contributed by atoms with E-state index in [-0.39, 0.29) is 28.6 Å². The summed E-state index contributed by atoms with van der Waals surface area (Å²) in [6, 6.07) is 5.55. The van der Waals surface area contributed by atoms with E-state index in [4.69, 9.17) is 4.74 Å². The number of anilines is 1. The summed E-state index contributed by atoms with van der Waals surface area (Å²) in [4.78, 5) is 35.3. The average Bonchev–Trinajstić information content (AvgIpc) is 3.11. The van der Waals surface area contributed by atoms with Gasteiger partial charge in [-0.05, 0) is 31.5 Å². The van der Waals surface area contributed by atoms with Crippen molar-refractivity contribution in [2.24, 2.45) is 0 Å². The zero-order chi connectivity index (χ0) is 22.5. The van der Waals surface area contributed by atoms with Gasteiger partial charge in [0.15, 0.2) is 9.84 Å². The van der Waals surface area contributed by atoms with E-state index in [0.29, 0.717) is 11.1 Å². The molecule has 0 saturated heterocycles. The number of thiophene rings is 1. The lowest BCUT2D eigenvalue weighted by molar-refractivity contribution is -0.384. The second kappa shape index (κ2) is 9.63. The molecule has 0 fully saturated rings. The molecule has 0 aliphatic heterocycles. The maximum Gasteiger partial charge on any atom is 0.341 e. The second-order valence-corrected chi connectivity index (χ2v) is 9.37. The van der Waals surface area contributed by atoms with E-state index in [2.05, 4.69) is 11.9 Å². The molecule has 0 spiro atoms. The fourth-order valence-electron chi connectivity index (χ4n) is 2.52. The predicted molar refractivity (Wildman–Crippen MR) is 114 cm³/mol. The van der Waals surface area contributed by atoms with Gasteiger partial charge in [0.25, 0.3) is 5.69 Å². The molecule has 1 aromatic heterocycles. The fourth-order valence-corrected chi connectivity index (χ4v) is 4.48. The van der Waals surface area contributed by atoms with E-state index in [1.165, 1.54) is 37.3 Å². The van der Waals surface area contributed by atoms with Gasteiger partial charge in [0.05, 0.1) is 17.3 Å². The zero-order valence-corrected chi connectivity index (χ0v) is 17.9. The number of nitro benzene ring substituents is 1. The Balaban J connectivity index is 2.43. The van der Waals surface area contributed by atoms with Gasteiger partial charge in [-0.15, -0.1) is 17.9 Å². The Hall–Kier alpha value is -3.05. The highest BCUT2D eigenvalue weighted by Crippen LogP contribution is 2.37. The van der Waals surface area contributed by atoms with Gasteiger partial charge in [0, 0.05) is 23.1 Å². The Labute approximate surface area is 177 Å². The number of benzene rings is 1. The van der Waals surface area contributed by atoms with Crippen LogP contribution >= 0.6 is 11.3 Å². The molecule has 0 aliphatic carbocycles. The monoisotopic (exact) mass is 452 g/mol. The van der Waals surface area contributed by atoms with Crippen LogP contribution in [0, 0.1) is 10.1 Å². The number of non-ortho nitro benzene ring substituents is 1. The molecule has 0 radical (unpaired) electrons. The van der Waals surface area contributed by atoms with E-state index in [1.807, 2.05) is 0 Å². The van der Waals surface area contributed by atoms with Crippen molar-refractivity contribution >= 4 is 43.7 Å². The topological polar surface area (TPSA) is 133 Å². The minimum Gasteiger partial charge on any atom is -0.462 e. The minimum absolute atomic E-state index is 0.0531. The third-order valence-corrected chi connectivity index (χ3v) is 7.04. The SMILES string of the molecule is C=CCS(=O)(=O)C(C)C(=O)Nc1scc(-c2ccc([N+](=O)[O-])cc2)c1C(=O)OCC. The van der Waals surface area contributed by atoms with Gasteiger partial charge in [-0.1, -0.05) is 6.08 Å². The molecule has 0 aliphatic rings. The summed E-state index contributed by atoms with van der Waals surface area (Å²) in [7, 11) is -3.74. The largest absolute Gasteiger partial charge is 0.462 e. The molecule has 160 valence electrons. The molecule has 2 rings (SSSR count). The number of esters is 1. The van der Waals surface area contributed by atoms with Crippen molar-refractivity contribution in [1.82, 2.24) is 0 Å². The van der Waals surface area contributed by atoms with Crippen LogP contribution in [0.1, 0.15) is 24.2 Å². The van der Waals surface area contributed by atoms with Crippen LogP contribution in [0.3, 0.4) is 0 Å². The molecular weight excluding hydrogens is 432 g/mol. The molecule has 1 unspecified atom stereocenters. The standard InChI is InChI=1S/C19H20N2O7S2/c1-4-10-30(26,27)12(3)17(22)20-18-16(19(23)28-5-2)15(11-29-18)13-6-8-14(9-7-13)21(24)25/h4,6-9,11-12H,1,5,10H2,2-3H3,(H,20,22). The highest BCUT2D eigenvalue weighted by atomic mass is 32.2. The Morgan fingerprint density at radius 2 is 1.97 bits per heavy atom. The van der Waals surface area contributed by atoms with Gasteiger partial charge in [-0.2, -0.15) is 0 Å². The zero-order valence-electron chi connectivity index (χ0n) is 16.3. The summed E-state index contributed by atoms with van der Waals surface area (Å²) in [6.45, 7) is 6.34. The molecular formula is C19H20N2O7S2. The van der Waals surface area contributed by atoms with E-state index < -0.39 is 31.9 Å². The van der Waals surface area contributed by atoms with E-state index >= 15 is 0 Å². The van der Waals surface area contributed by atoms with E-state index in [0.717, 1.165) is 11.3 Å². The van der Waals surface area contributed by atoms with Crippen molar-refractivity contribution in [3.63, 3.8) is 0 Å². The molecule has 1 heterocycles. The predicted octanol–water partition coefficient (Wildman–Crippen LogP) is 3.43. The number of sulfone groups is 1. The Morgan fingerprint density at radius 3 is 2.50 bits per heavy atom. The smallest absolute Gasteiger partial charge is 0.341 e. The van der Waals surface area contributed by atoms with Crippen molar-refractivity contribution in [3.05, 3.63) is 58.0 Å². The van der Waals surface area contributed by atoms with Gasteiger partial charge in [0.1, 0.15) is 15.8 Å². The minimum atomic E-state index is -3.74. The summed E-state index contributed by atoms with van der Waals surface area (Å²) in [5.41, 5.74) is 0.858. The lowest BCUT2D eigenvalue weighted by Crippen LogP contribution is -2.33. The Bertz CT molecular complexity index is 1070. The van der Waals surface area contributed by atoms with Crippen LogP contribution in [-0.4, -0.2) is 42.8 Å². The van der Waals surface area contributed by atoms with Crippen molar-refractivity contribution in [1.29, 1.82) is 0 Å². The molecule has 9 nitrogen and oxygen atoms in total. The van der Waals surface area contributed by atoms with Gasteiger partial charge in [0.2, 0.25) is 5.91 Å². The van der Waals surface area contributed by atoms with Crippen LogP contribution in [0.25, 0.3) is 11.1 Å². The number of hydrogen-bond acceptors (Lipinski definition) is 8. The Morgan fingerprint density at radius 1 is 1.33 bits per heavy atom. The third kappa shape index (κ3) is 5.10. The molecule has 11 heteroatoms. The highest BCUT2D eigenvalue weighted by Gasteiger charge is 2.29. The third-order valence-electron chi connectivity index (χ3n) is 4.15. The van der Waals surface area contributed by atoms with Gasteiger partial charge in [-0.25, -0.2) is 13.2 Å². The van der Waals surface area contributed by atoms with Crippen LogP contribution in [0.5, 0.6) is 0 Å². The quantitative estimate of drug-likeness (QED) is 0.267. The number of nitrogens with zero attached hydrogens (tertiary/aromatic N) is 1. The summed E-state index contributed by atoms with van der Waals surface area (Å²) < 4.78 is 29.3. The molecule has 0 saturated carbocycles. The first-order chi connectivity index (χ1) is 14.1. The number of nitrogens with one attached hydrogen (secondary N) is 1. The summed E-state index contributed by atoms with van der Waals surface area (Å²) in [5, 5.41) is 13.7. The fraction of sp³-hybridized carbons (Fsp3) is 0.263. The normalized spacial score (nSPS) is 12.1. The molecule has 1 amide bonds. The number of rotatable bonds is 9. The van der Waals surface area contributed by atoms with Crippen molar-refractivity contribution < 1.29 is 27.7 Å². The summed E-state index contributed by atoms with van der Waals surface area (Å²) in [6.07, 6.45) is 1.20. The molecule has 1 atom stereocenters. The average molecular weight is 453 g/mol. The summed E-state index contributed by atoms with van der Waals surface area (Å²) in [5.74, 6) is -1.85. The number of carbonyl (C=O) groups excluding carboxylic acids is 2. The Kier molecular flexibility index (Phi) is 7.46. The first-order valence-corrected chi connectivity index (χ1v) is 11.4. The van der Waals surface area contributed by atoms with Gasteiger partial charge in [-0.3, -0.25) is 14.9 Å². The number of nitro groups is 1. The van der Waals surface area contributed by atoms with Crippen molar-refractivity contribution in [3.8, 4) is 11.1 Å². The highest BCUT2D eigenvalue weighted by molar-refractivity contribution is 7.92. The van der Waals surface area contributed by atoms with E-state index in [1.54, 1.807) is 12.3 Å². The van der Waals surface area contributed by atoms with Crippen LogP contribution in [-0.2, 0) is 19.4 Å². The van der Waals surface area contributed by atoms with Crippen LogP contribution in [0.4, 0.5) is 10.7 Å². The molecule has 1 N–H and O–H groups in total. The first-order valence-electron chi connectivity index (χ1n) is 8.79.